The number of halogens is 1. The number of carbonyl (C=O) groups is 1. The third kappa shape index (κ3) is 2.75. The van der Waals surface area contributed by atoms with Crippen LogP contribution >= 0.6 is 23.4 Å². The van der Waals surface area contributed by atoms with Gasteiger partial charge in [0, 0.05) is 10.5 Å². The van der Waals surface area contributed by atoms with Gasteiger partial charge in [-0.1, -0.05) is 13.0 Å². The number of benzene rings is 1. The highest BCUT2D eigenvalue weighted by atomic mass is 35.5. The van der Waals surface area contributed by atoms with Crippen LogP contribution in [0, 0.1) is 6.92 Å². The van der Waals surface area contributed by atoms with E-state index in [2.05, 4.69) is 6.92 Å². The van der Waals surface area contributed by atoms with Crippen LogP contribution in [0.25, 0.3) is 0 Å². The van der Waals surface area contributed by atoms with Crippen LogP contribution < -0.4 is 0 Å². The van der Waals surface area contributed by atoms with Crippen molar-refractivity contribution in [2.45, 2.75) is 18.7 Å². The molecule has 1 aromatic carbocycles. The van der Waals surface area contributed by atoms with Crippen LogP contribution in [0.2, 0.25) is 0 Å². The van der Waals surface area contributed by atoms with Crippen molar-refractivity contribution < 1.29 is 4.79 Å². The normalized spacial score (nSPS) is 10.1. The summed E-state index contributed by atoms with van der Waals surface area (Å²) in [6.45, 7) is 4.05. The largest absolute Gasteiger partial charge is 0.276 e. The molecule has 0 heterocycles. The molecule has 0 radical (unpaired) electrons. The summed E-state index contributed by atoms with van der Waals surface area (Å²) < 4.78 is 0. The first-order valence-corrected chi connectivity index (χ1v) is 5.44. The molecular formula is C10H11ClOS. The van der Waals surface area contributed by atoms with Crippen LogP contribution in [0.1, 0.15) is 22.8 Å². The Kier molecular flexibility index (Phi) is 3.82. The molecule has 0 spiro atoms. The molecule has 0 fully saturated rings. The molecule has 0 unspecified atom stereocenters. The van der Waals surface area contributed by atoms with Gasteiger partial charge in [-0.15, -0.1) is 11.8 Å². The molecule has 1 aromatic rings. The molecule has 0 saturated heterocycles. The van der Waals surface area contributed by atoms with E-state index in [0.29, 0.717) is 5.56 Å². The Bertz CT molecular complexity index is 323. The molecule has 0 atom stereocenters. The Labute approximate surface area is 87.5 Å². The highest BCUT2D eigenvalue weighted by Gasteiger charge is 2.08. The second kappa shape index (κ2) is 4.68. The average Bonchev–Trinajstić information content (AvgIpc) is 2.04. The molecule has 0 aromatic heterocycles. The minimum Gasteiger partial charge on any atom is -0.276 e. The van der Waals surface area contributed by atoms with Crippen molar-refractivity contribution in [3.05, 3.63) is 29.3 Å². The van der Waals surface area contributed by atoms with E-state index in [1.54, 1.807) is 17.8 Å². The Balaban J connectivity index is 3.10. The molecule has 0 bridgehead atoms. The fraction of sp³-hybridized carbons (Fsp3) is 0.300. The van der Waals surface area contributed by atoms with Crippen molar-refractivity contribution in [1.82, 2.24) is 0 Å². The SMILES string of the molecule is CCSc1cc(C)ccc1C(=O)Cl. The predicted molar refractivity (Wildman–Crippen MR) is 57.8 cm³/mol. The fourth-order valence-electron chi connectivity index (χ4n) is 1.07. The van der Waals surface area contributed by atoms with Crippen molar-refractivity contribution in [3.8, 4) is 0 Å². The zero-order valence-electron chi connectivity index (χ0n) is 7.63. The van der Waals surface area contributed by atoms with Gasteiger partial charge >= 0.3 is 0 Å². The van der Waals surface area contributed by atoms with Gasteiger partial charge in [0.15, 0.2) is 0 Å². The van der Waals surface area contributed by atoms with Crippen LogP contribution in [0.3, 0.4) is 0 Å². The Hall–Kier alpha value is -0.470. The second-order valence-corrected chi connectivity index (χ2v) is 4.36. The van der Waals surface area contributed by atoms with Crippen LogP contribution in [-0.4, -0.2) is 11.0 Å². The van der Waals surface area contributed by atoms with Gasteiger partial charge in [-0.3, -0.25) is 4.79 Å². The van der Waals surface area contributed by atoms with Gasteiger partial charge in [-0.2, -0.15) is 0 Å². The zero-order valence-corrected chi connectivity index (χ0v) is 9.21. The first-order chi connectivity index (χ1) is 6.15. The molecule has 0 aliphatic heterocycles. The molecule has 0 saturated carbocycles. The van der Waals surface area contributed by atoms with Gasteiger partial charge in [0.1, 0.15) is 0 Å². The van der Waals surface area contributed by atoms with E-state index in [0.717, 1.165) is 16.2 Å². The first kappa shape index (κ1) is 10.6. The van der Waals surface area contributed by atoms with Gasteiger partial charge in [0.2, 0.25) is 0 Å². The van der Waals surface area contributed by atoms with E-state index in [4.69, 9.17) is 11.6 Å². The molecule has 1 nitrogen and oxygen atoms in total. The van der Waals surface area contributed by atoms with Gasteiger partial charge in [0.05, 0.1) is 0 Å². The van der Waals surface area contributed by atoms with Crippen LogP contribution in [0.5, 0.6) is 0 Å². The number of rotatable bonds is 3. The molecule has 0 aliphatic carbocycles. The highest BCUT2D eigenvalue weighted by Crippen LogP contribution is 2.24. The van der Waals surface area contributed by atoms with Gasteiger partial charge in [-0.05, 0) is 42.0 Å². The summed E-state index contributed by atoms with van der Waals surface area (Å²) in [5.41, 5.74) is 1.76. The van der Waals surface area contributed by atoms with E-state index in [9.17, 15) is 4.79 Å². The molecule has 0 aliphatic rings. The number of carbonyl (C=O) groups excluding carboxylic acids is 1. The maximum absolute atomic E-state index is 11.0. The summed E-state index contributed by atoms with van der Waals surface area (Å²) in [6, 6.07) is 5.67. The lowest BCUT2D eigenvalue weighted by molar-refractivity contribution is 0.107. The first-order valence-electron chi connectivity index (χ1n) is 4.08. The third-order valence-corrected chi connectivity index (χ3v) is 2.79. The van der Waals surface area contributed by atoms with Gasteiger partial charge in [0.25, 0.3) is 5.24 Å². The summed E-state index contributed by atoms with van der Waals surface area (Å²) in [7, 11) is 0. The molecule has 13 heavy (non-hydrogen) atoms. The van der Waals surface area contributed by atoms with E-state index < -0.39 is 0 Å². The second-order valence-electron chi connectivity index (χ2n) is 2.71. The number of hydrogen-bond donors (Lipinski definition) is 0. The quantitative estimate of drug-likeness (QED) is 0.566. The summed E-state index contributed by atoms with van der Waals surface area (Å²) >= 11 is 7.08. The van der Waals surface area contributed by atoms with Crippen molar-refractivity contribution >= 4 is 28.6 Å². The molecule has 0 amide bonds. The van der Waals surface area contributed by atoms with Gasteiger partial charge < -0.3 is 0 Å². The summed E-state index contributed by atoms with van der Waals surface area (Å²) in [6.07, 6.45) is 0. The minimum absolute atomic E-state index is 0.379. The topological polar surface area (TPSA) is 17.1 Å². The van der Waals surface area contributed by atoms with E-state index >= 15 is 0 Å². The highest BCUT2D eigenvalue weighted by molar-refractivity contribution is 7.99. The third-order valence-electron chi connectivity index (χ3n) is 1.65. The van der Waals surface area contributed by atoms with Crippen molar-refractivity contribution in [2.75, 3.05) is 5.75 Å². The zero-order chi connectivity index (χ0) is 9.84. The Morgan fingerprint density at radius 3 is 2.77 bits per heavy atom. The van der Waals surface area contributed by atoms with Crippen LogP contribution in [0.4, 0.5) is 0 Å². The maximum Gasteiger partial charge on any atom is 0.253 e. The smallest absolute Gasteiger partial charge is 0.253 e. The fourth-order valence-corrected chi connectivity index (χ4v) is 2.18. The average molecular weight is 215 g/mol. The van der Waals surface area contributed by atoms with Gasteiger partial charge in [-0.25, -0.2) is 0 Å². The standard InChI is InChI=1S/C10H11ClOS/c1-3-13-9-6-7(2)4-5-8(9)10(11)12/h4-6H,3H2,1-2H3. The predicted octanol–water partition coefficient (Wildman–Crippen LogP) is 3.49. The Morgan fingerprint density at radius 1 is 1.54 bits per heavy atom. The van der Waals surface area contributed by atoms with E-state index in [-0.39, 0.29) is 5.24 Å². The summed E-state index contributed by atoms with van der Waals surface area (Å²) in [5, 5.41) is -0.379. The lowest BCUT2D eigenvalue weighted by Crippen LogP contribution is -1.93. The van der Waals surface area contributed by atoms with Crippen LogP contribution in [0.15, 0.2) is 23.1 Å². The van der Waals surface area contributed by atoms with E-state index in [1.165, 1.54) is 0 Å². The van der Waals surface area contributed by atoms with Crippen molar-refractivity contribution in [2.24, 2.45) is 0 Å². The monoisotopic (exact) mass is 214 g/mol. The minimum atomic E-state index is -0.379. The van der Waals surface area contributed by atoms with Crippen molar-refractivity contribution in [1.29, 1.82) is 0 Å². The van der Waals surface area contributed by atoms with Crippen molar-refractivity contribution in [3.63, 3.8) is 0 Å². The number of aryl methyl sites for hydroxylation is 1. The molecule has 0 N–H and O–H groups in total. The summed E-state index contributed by atoms with van der Waals surface area (Å²) in [4.78, 5) is 12.0. The molecule has 1 rings (SSSR count). The summed E-state index contributed by atoms with van der Waals surface area (Å²) in [5.74, 6) is 0.945. The lowest BCUT2D eigenvalue weighted by atomic mass is 10.2. The molecular weight excluding hydrogens is 204 g/mol. The lowest BCUT2D eigenvalue weighted by Gasteiger charge is -2.04. The van der Waals surface area contributed by atoms with E-state index in [1.807, 2.05) is 19.1 Å². The maximum atomic E-state index is 11.0. The Morgan fingerprint density at radius 2 is 2.23 bits per heavy atom. The van der Waals surface area contributed by atoms with Crippen LogP contribution in [-0.2, 0) is 0 Å². The molecule has 3 heteroatoms. The number of thioether (sulfide) groups is 1. The number of hydrogen-bond acceptors (Lipinski definition) is 2. The molecule has 70 valence electrons.